The zero-order chi connectivity index (χ0) is 30.2. The molecule has 1 saturated heterocycles. The van der Waals surface area contributed by atoms with Crippen LogP contribution in [0.5, 0.6) is 5.75 Å². The molecule has 3 aromatic rings. The fourth-order valence-corrected chi connectivity index (χ4v) is 7.84. The predicted molar refractivity (Wildman–Crippen MR) is 175 cm³/mol. The Morgan fingerprint density at radius 1 is 1.07 bits per heavy atom. The molecule has 3 aliphatic rings. The van der Waals surface area contributed by atoms with Gasteiger partial charge in [0.05, 0.1) is 38.2 Å². The van der Waals surface area contributed by atoms with Crippen molar-refractivity contribution < 1.29 is 14.3 Å². The van der Waals surface area contributed by atoms with Crippen molar-refractivity contribution in [1.82, 2.24) is 15.2 Å². The molecule has 0 spiro atoms. The van der Waals surface area contributed by atoms with E-state index >= 15 is 0 Å². The molecule has 11 heteroatoms. The number of aromatic nitrogens is 1. The molecule has 3 heterocycles. The molecule has 0 radical (unpaired) electrons. The standard InChI is InChI=1S/C32H33Cl4N3O3S/c1-17-12-24(34)31(29(35)18(17)2)42-11-10-41-16-27-37-14-26(43-27)22-13-20-6-9-25(38-20)28(22)32(40)39(21-7-8-21)15-19-4-3-5-23(33)30(19)36/h3-5,12,14,20-21,25,38H,6-11,13,15-16H2,1-2H3/t20-,25?/m0/s1. The largest absolute Gasteiger partial charge is 0.488 e. The highest BCUT2D eigenvalue weighted by Gasteiger charge is 2.42. The molecule has 1 unspecified atom stereocenters. The third kappa shape index (κ3) is 6.74. The van der Waals surface area contributed by atoms with E-state index in [-0.39, 0.29) is 18.0 Å². The molecular formula is C32H33Cl4N3O3S. The average Bonchev–Trinajstić information content (AvgIpc) is 3.60. The average molecular weight is 682 g/mol. The van der Waals surface area contributed by atoms with Crippen LogP contribution in [0.1, 0.15) is 58.7 Å². The van der Waals surface area contributed by atoms with Gasteiger partial charge < -0.3 is 19.7 Å². The van der Waals surface area contributed by atoms with Crippen LogP contribution in [0.4, 0.5) is 0 Å². The van der Waals surface area contributed by atoms with E-state index in [0.29, 0.717) is 58.2 Å². The van der Waals surface area contributed by atoms with Crippen LogP contribution in [0, 0.1) is 13.8 Å². The molecule has 1 aromatic heterocycles. The number of fused-ring (bicyclic) bond motifs is 2. The SMILES string of the molecule is Cc1cc(Cl)c(OCCOCc2ncc(C3=C(C(=O)N(Cc4cccc(Cl)c4Cl)C4CC4)C4CC[C@@H](C3)N4)s2)c(Cl)c1C. The lowest BCUT2D eigenvalue weighted by Crippen LogP contribution is -2.44. The second kappa shape index (κ2) is 13.3. The molecule has 43 heavy (non-hydrogen) atoms. The molecule has 2 bridgehead atoms. The molecule has 2 aromatic carbocycles. The van der Waals surface area contributed by atoms with Gasteiger partial charge in [-0.05, 0) is 80.3 Å². The number of carbonyl (C=O) groups excluding carboxylic acids is 1. The van der Waals surface area contributed by atoms with Gasteiger partial charge in [0, 0.05) is 36.4 Å². The summed E-state index contributed by atoms with van der Waals surface area (Å²) in [6.45, 7) is 5.37. The van der Waals surface area contributed by atoms with E-state index in [4.69, 9.17) is 55.9 Å². The Balaban J connectivity index is 1.15. The quantitative estimate of drug-likeness (QED) is 0.206. The van der Waals surface area contributed by atoms with Crippen molar-refractivity contribution in [3.8, 4) is 5.75 Å². The first-order valence-corrected chi connectivity index (χ1v) is 16.9. The van der Waals surface area contributed by atoms with Gasteiger partial charge in [-0.2, -0.15) is 0 Å². The highest BCUT2D eigenvalue weighted by atomic mass is 35.5. The van der Waals surface area contributed by atoms with Crippen LogP contribution in [0.3, 0.4) is 0 Å². The van der Waals surface area contributed by atoms with Crippen molar-refractivity contribution in [1.29, 1.82) is 0 Å². The lowest BCUT2D eigenvalue weighted by Gasteiger charge is -2.31. The highest BCUT2D eigenvalue weighted by molar-refractivity contribution is 7.12. The van der Waals surface area contributed by atoms with Crippen molar-refractivity contribution in [3.63, 3.8) is 0 Å². The van der Waals surface area contributed by atoms with Gasteiger partial charge in [0.25, 0.3) is 5.91 Å². The van der Waals surface area contributed by atoms with Gasteiger partial charge in [-0.1, -0.05) is 58.5 Å². The summed E-state index contributed by atoms with van der Waals surface area (Å²) >= 11 is 27.2. The van der Waals surface area contributed by atoms with Crippen LogP contribution in [-0.4, -0.2) is 47.1 Å². The molecule has 1 aliphatic carbocycles. The zero-order valence-corrected chi connectivity index (χ0v) is 27.9. The molecule has 6 nitrogen and oxygen atoms in total. The second-order valence-electron chi connectivity index (χ2n) is 11.4. The van der Waals surface area contributed by atoms with Gasteiger partial charge in [0.15, 0.2) is 5.75 Å². The fourth-order valence-electron chi connectivity index (χ4n) is 5.87. The van der Waals surface area contributed by atoms with E-state index < -0.39 is 0 Å². The van der Waals surface area contributed by atoms with E-state index in [1.165, 1.54) is 0 Å². The van der Waals surface area contributed by atoms with E-state index in [1.807, 2.05) is 43.1 Å². The number of nitrogens with zero attached hydrogens (tertiary/aromatic N) is 2. The van der Waals surface area contributed by atoms with Crippen LogP contribution in [0.2, 0.25) is 20.1 Å². The molecule has 6 rings (SSSR count). The maximum absolute atomic E-state index is 14.3. The summed E-state index contributed by atoms with van der Waals surface area (Å²) in [6.07, 6.45) is 6.70. The number of halogens is 4. The second-order valence-corrected chi connectivity index (χ2v) is 14.1. The Morgan fingerprint density at radius 3 is 2.67 bits per heavy atom. The van der Waals surface area contributed by atoms with E-state index in [9.17, 15) is 4.79 Å². The van der Waals surface area contributed by atoms with Crippen molar-refractivity contribution in [2.75, 3.05) is 13.2 Å². The van der Waals surface area contributed by atoms with E-state index in [0.717, 1.165) is 69.8 Å². The van der Waals surface area contributed by atoms with Crippen molar-refractivity contribution in [2.24, 2.45) is 0 Å². The number of rotatable bonds is 11. The number of ether oxygens (including phenoxy) is 2. The monoisotopic (exact) mass is 679 g/mol. The molecular weight excluding hydrogens is 648 g/mol. The van der Waals surface area contributed by atoms with Gasteiger partial charge in [-0.3, -0.25) is 4.79 Å². The van der Waals surface area contributed by atoms with Gasteiger partial charge >= 0.3 is 0 Å². The third-order valence-corrected chi connectivity index (χ3v) is 11.1. The zero-order valence-electron chi connectivity index (χ0n) is 24.0. The summed E-state index contributed by atoms with van der Waals surface area (Å²) in [7, 11) is 0. The van der Waals surface area contributed by atoms with E-state index in [2.05, 4.69) is 10.3 Å². The summed E-state index contributed by atoms with van der Waals surface area (Å²) in [5.41, 5.74) is 4.80. The first kappa shape index (κ1) is 31.2. The maximum atomic E-state index is 14.3. The number of amides is 1. The molecule has 2 aliphatic heterocycles. The summed E-state index contributed by atoms with van der Waals surface area (Å²) in [4.78, 5) is 21.9. The maximum Gasteiger partial charge on any atom is 0.252 e. The number of nitrogens with one attached hydrogen (secondary N) is 1. The summed E-state index contributed by atoms with van der Waals surface area (Å²) < 4.78 is 11.7. The van der Waals surface area contributed by atoms with Crippen molar-refractivity contribution in [3.05, 3.63) is 82.7 Å². The Kier molecular flexibility index (Phi) is 9.60. The highest BCUT2D eigenvalue weighted by Crippen LogP contribution is 2.42. The number of aryl methyl sites for hydroxylation is 1. The number of hydrogen-bond donors (Lipinski definition) is 1. The Morgan fingerprint density at radius 2 is 1.88 bits per heavy atom. The molecule has 1 saturated carbocycles. The van der Waals surface area contributed by atoms with Gasteiger partial charge in [0.2, 0.25) is 0 Å². The molecule has 1 amide bonds. The van der Waals surface area contributed by atoms with Gasteiger partial charge in [-0.15, -0.1) is 11.3 Å². The lowest BCUT2D eigenvalue weighted by atomic mass is 9.93. The molecule has 228 valence electrons. The topological polar surface area (TPSA) is 63.7 Å². The molecule has 2 atom stereocenters. The van der Waals surface area contributed by atoms with Crippen molar-refractivity contribution >= 4 is 69.2 Å². The Hall–Kier alpha value is -1.84. The Labute approximate surface area is 276 Å². The number of hydrogen-bond acceptors (Lipinski definition) is 6. The Bertz CT molecular complexity index is 1570. The predicted octanol–water partition coefficient (Wildman–Crippen LogP) is 8.44. The first-order valence-electron chi connectivity index (χ1n) is 14.5. The van der Waals surface area contributed by atoms with E-state index in [1.54, 1.807) is 17.4 Å². The normalized spacial score (nSPS) is 19.7. The summed E-state index contributed by atoms with van der Waals surface area (Å²) in [5.74, 6) is 0.563. The van der Waals surface area contributed by atoms with Crippen LogP contribution in [-0.2, 0) is 22.7 Å². The fraction of sp³-hybridized carbons (Fsp3) is 0.438. The first-order chi connectivity index (χ1) is 20.7. The number of carbonyl (C=O) groups is 1. The molecule has 1 N–H and O–H groups in total. The van der Waals surface area contributed by atoms with Crippen molar-refractivity contribution in [2.45, 2.75) is 77.2 Å². The van der Waals surface area contributed by atoms with Gasteiger partial charge in [0.1, 0.15) is 11.6 Å². The van der Waals surface area contributed by atoms with Crippen LogP contribution >= 0.6 is 57.7 Å². The smallest absolute Gasteiger partial charge is 0.252 e. The van der Waals surface area contributed by atoms with Crippen LogP contribution in [0.15, 0.2) is 36.0 Å². The number of benzene rings is 2. The van der Waals surface area contributed by atoms with Gasteiger partial charge in [-0.25, -0.2) is 4.98 Å². The van der Waals surface area contributed by atoms with Crippen LogP contribution in [0.25, 0.3) is 5.57 Å². The number of thiazole rings is 1. The summed E-state index contributed by atoms with van der Waals surface area (Å²) in [6, 6.07) is 8.09. The minimum absolute atomic E-state index is 0.0420. The minimum Gasteiger partial charge on any atom is -0.488 e. The minimum atomic E-state index is 0.0420. The lowest BCUT2D eigenvalue weighted by molar-refractivity contribution is -0.128. The summed E-state index contributed by atoms with van der Waals surface area (Å²) in [5, 5.41) is 6.56. The van der Waals surface area contributed by atoms with Crippen LogP contribution < -0.4 is 10.1 Å². The molecule has 2 fully saturated rings. The third-order valence-electron chi connectivity index (χ3n) is 8.45.